The van der Waals surface area contributed by atoms with Gasteiger partial charge in [-0.1, -0.05) is 18.2 Å². The summed E-state index contributed by atoms with van der Waals surface area (Å²) in [4.78, 5) is 0. The summed E-state index contributed by atoms with van der Waals surface area (Å²) in [6, 6.07) is 8.03. The van der Waals surface area contributed by atoms with Crippen LogP contribution < -0.4 is 4.74 Å². The summed E-state index contributed by atoms with van der Waals surface area (Å²) in [7, 11) is 0. The summed E-state index contributed by atoms with van der Waals surface area (Å²) in [5, 5.41) is 9.06. The number of aryl methyl sites for hydroxylation is 1. The van der Waals surface area contributed by atoms with Crippen molar-refractivity contribution in [2.45, 2.75) is 58.0 Å². The summed E-state index contributed by atoms with van der Waals surface area (Å²) in [6.07, 6.45) is 4.99. The van der Waals surface area contributed by atoms with Gasteiger partial charge in [0.1, 0.15) is 5.82 Å². The van der Waals surface area contributed by atoms with Gasteiger partial charge in [0.05, 0.1) is 13.2 Å². The molecule has 1 N–H and O–H groups in total. The van der Waals surface area contributed by atoms with Crippen LogP contribution in [0.2, 0.25) is 0 Å². The summed E-state index contributed by atoms with van der Waals surface area (Å²) < 4.78 is 47.7. The fraction of sp³-hybridized carbons (Fsp3) is 0.478. The Balaban J connectivity index is 1.55. The van der Waals surface area contributed by atoms with Crippen molar-refractivity contribution in [2.24, 2.45) is 5.92 Å². The van der Waals surface area contributed by atoms with Gasteiger partial charge in [0, 0.05) is 0 Å². The Hall–Kier alpha value is -2.01. The first-order valence-corrected chi connectivity index (χ1v) is 10.0. The summed E-state index contributed by atoms with van der Waals surface area (Å²) in [6.45, 7) is 1.87. The predicted molar refractivity (Wildman–Crippen MR) is 103 cm³/mol. The van der Waals surface area contributed by atoms with E-state index >= 15 is 0 Å². The lowest BCUT2D eigenvalue weighted by Gasteiger charge is -2.29. The minimum absolute atomic E-state index is 0.0157. The van der Waals surface area contributed by atoms with E-state index in [9.17, 15) is 13.2 Å². The van der Waals surface area contributed by atoms with Crippen LogP contribution in [0.15, 0.2) is 30.3 Å². The molecule has 1 saturated carbocycles. The third-order valence-electron chi connectivity index (χ3n) is 5.79. The normalized spacial score (nSPS) is 19.6. The molecule has 5 heteroatoms. The molecule has 1 aliphatic rings. The van der Waals surface area contributed by atoms with E-state index in [4.69, 9.17) is 9.84 Å². The van der Waals surface area contributed by atoms with Crippen LogP contribution in [-0.2, 0) is 13.0 Å². The average Bonchev–Trinajstić information content (AvgIpc) is 2.71. The summed E-state index contributed by atoms with van der Waals surface area (Å²) in [5.41, 5.74) is 1.68. The highest BCUT2D eigenvalue weighted by Crippen LogP contribution is 2.40. The van der Waals surface area contributed by atoms with Gasteiger partial charge in [0.25, 0.3) is 0 Å². The first-order valence-electron chi connectivity index (χ1n) is 10.0. The molecule has 0 radical (unpaired) electrons. The van der Waals surface area contributed by atoms with Crippen LogP contribution in [0.4, 0.5) is 13.2 Å². The fourth-order valence-electron chi connectivity index (χ4n) is 4.14. The molecule has 3 rings (SSSR count). The van der Waals surface area contributed by atoms with Crippen molar-refractivity contribution in [1.29, 1.82) is 0 Å². The maximum atomic E-state index is 14.4. The number of aliphatic hydroxyl groups excluding tert-OH is 1. The molecule has 0 atom stereocenters. The van der Waals surface area contributed by atoms with Gasteiger partial charge >= 0.3 is 0 Å². The third-order valence-corrected chi connectivity index (χ3v) is 5.79. The van der Waals surface area contributed by atoms with Crippen molar-refractivity contribution in [3.05, 3.63) is 64.5 Å². The van der Waals surface area contributed by atoms with Crippen molar-refractivity contribution < 1.29 is 23.0 Å². The van der Waals surface area contributed by atoms with E-state index < -0.39 is 11.6 Å². The van der Waals surface area contributed by atoms with Crippen molar-refractivity contribution in [3.8, 4) is 5.75 Å². The zero-order chi connectivity index (χ0) is 20.1. The lowest BCUT2D eigenvalue weighted by atomic mass is 9.76. The molecule has 0 aliphatic heterocycles. The molecule has 0 heterocycles. The molecule has 2 aromatic rings. The second-order valence-corrected chi connectivity index (χ2v) is 7.55. The number of hydrogen-bond acceptors (Lipinski definition) is 2. The number of aliphatic hydroxyl groups is 1. The fourth-order valence-corrected chi connectivity index (χ4v) is 4.14. The summed E-state index contributed by atoms with van der Waals surface area (Å²) >= 11 is 0. The Morgan fingerprint density at radius 2 is 1.75 bits per heavy atom. The molecule has 0 unspecified atom stereocenters. The molecule has 152 valence electrons. The zero-order valence-corrected chi connectivity index (χ0v) is 16.2. The molecule has 1 aliphatic carbocycles. The van der Waals surface area contributed by atoms with Gasteiger partial charge in [-0.25, -0.2) is 8.78 Å². The molecule has 2 aromatic carbocycles. The van der Waals surface area contributed by atoms with Crippen LogP contribution in [0, 0.1) is 23.4 Å². The van der Waals surface area contributed by atoms with Gasteiger partial charge in [0.2, 0.25) is 5.82 Å². The lowest BCUT2D eigenvalue weighted by Crippen LogP contribution is -2.16. The number of hydrogen-bond donors (Lipinski definition) is 1. The van der Waals surface area contributed by atoms with Crippen LogP contribution in [0.1, 0.15) is 61.6 Å². The van der Waals surface area contributed by atoms with E-state index in [1.54, 1.807) is 25.1 Å². The molecule has 0 spiro atoms. The number of benzene rings is 2. The van der Waals surface area contributed by atoms with Crippen molar-refractivity contribution >= 4 is 0 Å². The van der Waals surface area contributed by atoms with Gasteiger partial charge in [-0.2, -0.15) is 4.39 Å². The highest BCUT2D eigenvalue weighted by molar-refractivity contribution is 5.33. The molecule has 0 bridgehead atoms. The van der Waals surface area contributed by atoms with Crippen LogP contribution in [0.25, 0.3) is 0 Å². The first-order chi connectivity index (χ1) is 13.5. The number of ether oxygens (including phenoxy) is 1. The zero-order valence-electron chi connectivity index (χ0n) is 16.2. The maximum absolute atomic E-state index is 14.4. The molecule has 0 aromatic heterocycles. The van der Waals surface area contributed by atoms with Crippen molar-refractivity contribution in [1.82, 2.24) is 0 Å². The highest BCUT2D eigenvalue weighted by Gasteiger charge is 2.26. The van der Waals surface area contributed by atoms with Crippen LogP contribution >= 0.6 is 0 Å². The third kappa shape index (κ3) is 4.69. The van der Waals surface area contributed by atoms with Crippen molar-refractivity contribution in [3.63, 3.8) is 0 Å². The van der Waals surface area contributed by atoms with Crippen molar-refractivity contribution in [2.75, 3.05) is 6.61 Å². The van der Waals surface area contributed by atoms with E-state index in [0.29, 0.717) is 35.6 Å². The quantitative estimate of drug-likeness (QED) is 0.635. The van der Waals surface area contributed by atoms with E-state index in [0.717, 1.165) is 32.1 Å². The Morgan fingerprint density at radius 3 is 2.39 bits per heavy atom. The van der Waals surface area contributed by atoms with Crippen LogP contribution in [-0.4, -0.2) is 11.7 Å². The van der Waals surface area contributed by atoms with Gasteiger partial charge in [-0.05, 0) is 86.1 Å². The molecular formula is C23H27F3O2. The second kappa shape index (κ2) is 9.46. The first kappa shape index (κ1) is 20.7. The molecule has 2 nitrogen and oxygen atoms in total. The van der Waals surface area contributed by atoms with Crippen LogP contribution in [0.3, 0.4) is 0 Å². The molecule has 1 fully saturated rings. The maximum Gasteiger partial charge on any atom is 0.200 e. The molecule has 0 amide bonds. The SMILES string of the molecule is CCOc1ccc(C2CCC(CCc3ccc(CO)cc3F)CC2)c(F)c1F. The summed E-state index contributed by atoms with van der Waals surface area (Å²) in [5.74, 6) is -1.52. The molecular weight excluding hydrogens is 365 g/mol. The largest absolute Gasteiger partial charge is 0.491 e. The van der Waals surface area contributed by atoms with Gasteiger partial charge < -0.3 is 9.84 Å². The second-order valence-electron chi connectivity index (χ2n) is 7.55. The number of halogens is 3. The van der Waals surface area contributed by atoms with E-state index in [1.807, 2.05) is 0 Å². The van der Waals surface area contributed by atoms with E-state index in [-0.39, 0.29) is 24.1 Å². The standard InChI is InChI=1S/C23H27F3O2/c1-2-28-21-12-11-19(22(25)23(21)26)17-7-3-15(4-8-17)5-9-18-10-6-16(14-27)13-20(18)24/h6,10-13,15,17,27H,2-5,7-9,14H2,1H3. The molecule has 0 saturated heterocycles. The Labute approximate surface area is 164 Å². The Morgan fingerprint density at radius 1 is 1.00 bits per heavy atom. The molecule has 28 heavy (non-hydrogen) atoms. The van der Waals surface area contributed by atoms with Gasteiger partial charge in [-0.15, -0.1) is 0 Å². The Kier molecular flexibility index (Phi) is 7.00. The minimum atomic E-state index is -0.900. The minimum Gasteiger partial charge on any atom is -0.491 e. The predicted octanol–water partition coefficient (Wildman–Crippen LogP) is 5.90. The number of rotatable bonds is 7. The average molecular weight is 392 g/mol. The van der Waals surface area contributed by atoms with Crippen LogP contribution in [0.5, 0.6) is 5.75 Å². The topological polar surface area (TPSA) is 29.5 Å². The Bertz CT molecular complexity index is 799. The van der Waals surface area contributed by atoms with Gasteiger partial charge in [-0.3, -0.25) is 0 Å². The lowest BCUT2D eigenvalue weighted by molar-refractivity contribution is 0.281. The van der Waals surface area contributed by atoms with Gasteiger partial charge in [0.15, 0.2) is 11.6 Å². The van der Waals surface area contributed by atoms with E-state index in [1.165, 1.54) is 12.1 Å². The smallest absolute Gasteiger partial charge is 0.200 e. The monoisotopic (exact) mass is 392 g/mol. The highest BCUT2D eigenvalue weighted by atomic mass is 19.2. The van der Waals surface area contributed by atoms with E-state index in [2.05, 4.69) is 0 Å².